The molecule has 0 aliphatic carbocycles. The van der Waals surface area contributed by atoms with Gasteiger partial charge in [-0.3, -0.25) is 4.79 Å². The summed E-state index contributed by atoms with van der Waals surface area (Å²) >= 11 is 3.32. The first kappa shape index (κ1) is 14.2. The lowest BCUT2D eigenvalue weighted by Crippen LogP contribution is -2.39. The normalized spacial score (nSPS) is 16.2. The first-order valence-corrected chi connectivity index (χ1v) is 6.46. The van der Waals surface area contributed by atoms with E-state index in [-0.39, 0.29) is 0 Å². The highest BCUT2D eigenvalue weighted by Crippen LogP contribution is 2.35. The molecule has 1 rings (SSSR count). The summed E-state index contributed by atoms with van der Waals surface area (Å²) in [6.07, 6.45) is 0.773. The fraction of sp³-hybridized carbons (Fsp3) is 0.462. The summed E-state index contributed by atoms with van der Waals surface area (Å²) in [5.74, 6) is -1.74. The number of carboxylic acids is 1. The zero-order valence-electron chi connectivity index (χ0n) is 9.98. The number of aliphatic hydroxyl groups is 1. The molecule has 0 aliphatic heterocycles. The van der Waals surface area contributed by atoms with Crippen molar-refractivity contribution in [1.82, 2.24) is 0 Å². The lowest BCUT2D eigenvalue weighted by Gasteiger charge is -2.33. The Morgan fingerprint density at radius 1 is 1.35 bits per heavy atom. The summed E-state index contributed by atoms with van der Waals surface area (Å²) in [7, 11) is 0. The number of hydrogen-bond donors (Lipinski definition) is 2. The topological polar surface area (TPSA) is 57.5 Å². The molecule has 2 atom stereocenters. The van der Waals surface area contributed by atoms with Crippen LogP contribution < -0.4 is 0 Å². The van der Waals surface area contributed by atoms with Gasteiger partial charge in [-0.25, -0.2) is 0 Å². The molecule has 2 N–H and O–H groups in total. The minimum atomic E-state index is -1.30. The molecule has 0 fully saturated rings. The van der Waals surface area contributed by atoms with Crippen LogP contribution in [0.1, 0.15) is 32.3 Å². The Labute approximate surface area is 110 Å². The van der Waals surface area contributed by atoms with Crippen molar-refractivity contribution in [3.8, 4) is 0 Å². The first-order valence-electron chi connectivity index (χ1n) is 5.67. The van der Waals surface area contributed by atoms with E-state index in [0.29, 0.717) is 18.4 Å². The Morgan fingerprint density at radius 2 is 1.88 bits per heavy atom. The first-order chi connectivity index (χ1) is 7.95. The molecule has 2 unspecified atom stereocenters. The van der Waals surface area contributed by atoms with Crippen molar-refractivity contribution in [3.63, 3.8) is 0 Å². The zero-order valence-corrected chi connectivity index (χ0v) is 11.6. The Bertz CT molecular complexity index is 388. The zero-order chi connectivity index (χ0) is 13.1. The van der Waals surface area contributed by atoms with Gasteiger partial charge in [0.05, 0.1) is 5.92 Å². The van der Waals surface area contributed by atoms with Crippen LogP contribution in [-0.4, -0.2) is 16.2 Å². The number of carboxylic acid groups (broad SMARTS) is 1. The smallest absolute Gasteiger partial charge is 0.309 e. The van der Waals surface area contributed by atoms with Gasteiger partial charge in [-0.2, -0.15) is 0 Å². The number of hydrogen-bond acceptors (Lipinski definition) is 2. The monoisotopic (exact) mass is 300 g/mol. The fourth-order valence-corrected chi connectivity index (χ4v) is 2.37. The molecule has 0 spiro atoms. The minimum absolute atomic E-state index is 0.374. The van der Waals surface area contributed by atoms with Gasteiger partial charge in [0.2, 0.25) is 0 Å². The number of aliphatic carboxylic acids is 1. The highest BCUT2D eigenvalue weighted by Gasteiger charge is 2.40. The van der Waals surface area contributed by atoms with Gasteiger partial charge in [0.25, 0.3) is 0 Å². The minimum Gasteiger partial charge on any atom is -0.481 e. The molecule has 0 bridgehead atoms. The van der Waals surface area contributed by atoms with E-state index >= 15 is 0 Å². The van der Waals surface area contributed by atoms with Gasteiger partial charge < -0.3 is 10.2 Å². The Hall–Kier alpha value is -0.870. The number of halogens is 1. The molecule has 1 aromatic rings. The standard InChI is InChI=1S/C13H17BrO3/c1-3-11(12(15)16)13(17,4-2)9-5-7-10(14)8-6-9/h5-8,11,17H,3-4H2,1-2H3,(H,15,16). The van der Waals surface area contributed by atoms with Crippen LogP contribution in [-0.2, 0) is 10.4 Å². The largest absolute Gasteiger partial charge is 0.481 e. The molecule has 0 amide bonds. The summed E-state index contributed by atoms with van der Waals surface area (Å²) in [5.41, 5.74) is -0.654. The maximum Gasteiger partial charge on any atom is 0.309 e. The summed E-state index contributed by atoms with van der Waals surface area (Å²) in [6.45, 7) is 3.58. The maximum atomic E-state index is 11.2. The van der Waals surface area contributed by atoms with Crippen LogP contribution in [0.5, 0.6) is 0 Å². The summed E-state index contributed by atoms with van der Waals surface area (Å²) in [5, 5.41) is 19.8. The van der Waals surface area contributed by atoms with Crippen LogP contribution >= 0.6 is 15.9 Å². The van der Waals surface area contributed by atoms with Crippen LogP contribution in [0.25, 0.3) is 0 Å². The van der Waals surface area contributed by atoms with Crippen molar-refractivity contribution in [3.05, 3.63) is 34.3 Å². The van der Waals surface area contributed by atoms with Gasteiger partial charge in [-0.1, -0.05) is 41.9 Å². The lowest BCUT2D eigenvalue weighted by atomic mass is 9.78. The van der Waals surface area contributed by atoms with Crippen LogP contribution in [0.2, 0.25) is 0 Å². The molecule has 0 heterocycles. The van der Waals surface area contributed by atoms with Gasteiger partial charge in [-0.15, -0.1) is 0 Å². The van der Waals surface area contributed by atoms with E-state index in [1.54, 1.807) is 26.0 Å². The molecular weight excluding hydrogens is 284 g/mol. The van der Waals surface area contributed by atoms with Gasteiger partial charge in [-0.05, 0) is 30.5 Å². The SMILES string of the molecule is CCC(C(=O)O)C(O)(CC)c1ccc(Br)cc1. The van der Waals surface area contributed by atoms with Gasteiger partial charge in [0, 0.05) is 4.47 Å². The highest BCUT2D eigenvalue weighted by molar-refractivity contribution is 9.10. The van der Waals surface area contributed by atoms with Crippen LogP contribution in [0.4, 0.5) is 0 Å². The molecule has 0 radical (unpaired) electrons. The number of benzene rings is 1. The van der Waals surface area contributed by atoms with Crippen LogP contribution in [0, 0.1) is 5.92 Å². The third-order valence-electron chi connectivity index (χ3n) is 3.17. The van der Waals surface area contributed by atoms with Gasteiger partial charge in [0.1, 0.15) is 5.60 Å². The Balaban J connectivity index is 3.18. The van der Waals surface area contributed by atoms with Crippen molar-refractivity contribution >= 4 is 21.9 Å². The van der Waals surface area contributed by atoms with E-state index in [1.807, 2.05) is 12.1 Å². The van der Waals surface area contributed by atoms with Gasteiger partial charge in [0.15, 0.2) is 0 Å². The van der Waals surface area contributed by atoms with E-state index in [4.69, 9.17) is 0 Å². The number of carbonyl (C=O) groups is 1. The second kappa shape index (κ2) is 5.65. The second-order valence-corrected chi connectivity index (χ2v) is 5.00. The second-order valence-electron chi connectivity index (χ2n) is 4.08. The summed E-state index contributed by atoms with van der Waals surface area (Å²) < 4.78 is 0.906. The molecule has 94 valence electrons. The Morgan fingerprint density at radius 3 is 2.24 bits per heavy atom. The summed E-state index contributed by atoms with van der Waals surface area (Å²) in [4.78, 5) is 11.2. The van der Waals surface area contributed by atoms with Crippen molar-refractivity contribution in [1.29, 1.82) is 0 Å². The van der Waals surface area contributed by atoms with Crippen molar-refractivity contribution in [2.75, 3.05) is 0 Å². The van der Waals surface area contributed by atoms with Crippen molar-refractivity contribution < 1.29 is 15.0 Å². The molecule has 1 aromatic carbocycles. The van der Waals surface area contributed by atoms with Crippen molar-refractivity contribution in [2.45, 2.75) is 32.3 Å². The van der Waals surface area contributed by atoms with E-state index in [1.165, 1.54) is 0 Å². The third-order valence-corrected chi connectivity index (χ3v) is 3.69. The highest BCUT2D eigenvalue weighted by atomic mass is 79.9. The molecule has 0 aromatic heterocycles. The average molecular weight is 301 g/mol. The molecular formula is C13H17BrO3. The van der Waals surface area contributed by atoms with E-state index < -0.39 is 17.5 Å². The predicted molar refractivity (Wildman–Crippen MR) is 69.7 cm³/mol. The van der Waals surface area contributed by atoms with Crippen LogP contribution in [0.15, 0.2) is 28.7 Å². The number of rotatable bonds is 5. The van der Waals surface area contributed by atoms with E-state index in [2.05, 4.69) is 15.9 Å². The van der Waals surface area contributed by atoms with E-state index in [0.717, 1.165) is 4.47 Å². The summed E-state index contributed by atoms with van der Waals surface area (Å²) in [6, 6.07) is 7.15. The molecule has 3 nitrogen and oxygen atoms in total. The average Bonchev–Trinajstić information content (AvgIpc) is 2.29. The molecule has 0 saturated heterocycles. The Kier molecular flexibility index (Phi) is 4.71. The molecule has 0 saturated carbocycles. The molecule has 4 heteroatoms. The quantitative estimate of drug-likeness (QED) is 0.878. The maximum absolute atomic E-state index is 11.2. The predicted octanol–water partition coefficient (Wildman–Crippen LogP) is 3.16. The molecule has 0 aliphatic rings. The van der Waals surface area contributed by atoms with Gasteiger partial charge >= 0.3 is 5.97 Å². The van der Waals surface area contributed by atoms with E-state index in [9.17, 15) is 15.0 Å². The van der Waals surface area contributed by atoms with Crippen molar-refractivity contribution in [2.24, 2.45) is 5.92 Å². The molecule has 17 heavy (non-hydrogen) atoms. The fourth-order valence-electron chi connectivity index (χ4n) is 2.11. The third kappa shape index (κ3) is 2.87. The van der Waals surface area contributed by atoms with Crippen LogP contribution in [0.3, 0.4) is 0 Å². The lowest BCUT2D eigenvalue weighted by molar-refractivity contribution is -0.153.